The lowest BCUT2D eigenvalue weighted by atomic mass is 9.79. The van der Waals surface area contributed by atoms with Crippen molar-refractivity contribution in [2.24, 2.45) is 11.5 Å². The van der Waals surface area contributed by atoms with Crippen LogP contribution in [0.25, 0.3) is 0 Å². The number of benzene rings is 3. The van der Waals surface area contributed by atoms with Crippen LogP contribution >= 0.6 is 12.4 Å². The maximum absolute atomic E-state index is 14.3. The van der Waals surface area contributed by atoms with Gasteiger partial charge in [0, 0.05) is 6.54 Å². The number of carbonyl (C=O) groups is 5. The van der Waals surface area contributed by atoms with Gasteiger partial charge in [-0.15, -0.1) is 12.4 Å². The zero-order valence-corrected chi connectivity index (χ0v) is 33.6. The Morgan fingerprint density at radius 2 is 1.10 bits per heavy atom. The number of nitrogens with two attached hydrogens (primary N) is 2. The summed E-state index contributed by atoms with van der Waals surface area (Å²) in [4.78, 5) is 57.5. The van der Waals surface area contributed by atoms with Gasteiger partial charge in [0.2, 0.25) is 0 Å². The molecule has 0 spiro atoms. The number of hydrogen-bond acceptors (Lipinski definition) is 13. The Hall–Kier alpha value is -4.84. The molecule has 2 amide bonds. The number of rotatable bonds is 15. The molecule has 0 fully saturated rings. The lowest BCUT2D eigenvalue weighted by Gasteiger charge is -2.15. The van der Waals surface area contributed by atoms with Gasteiger partial charge in [-0.1, -0.05) is 6.42 Å². The molecule has 0 unspecified atom stereocenters. The van der Waals surface area contributed by atoms with E-state index in [1.807, 2.05) is 0 Å². The Morgan fingerprint density at radius 3 is 1.52 bits per heavy atom. The number of carbonyl (C=O) groups excluding carboxylic acids is 3. The molecule has 3 heterocycles. The molecule has 3 aromatic rings. The fourth-order valence-electron chi connectivity index (χ4n) is 6.25. The number of halogens is 4. The van der Waals surface area contributed by atoms with Crippen molar-refractivity contribution < 1.29 is 76.4 Å². The number of aliphatic carboxylic acids is 2. The molecular formula is C37H45B3ClF3N4O13. The van der Waals surface area contributed by atoms with Crippen LogP contribution in [-0.4, -0.2) is 101 Å². The maximum atomic E-state index is 14.3. The fraction of sp³-hybridized carbons (Fsp3) is 0.378. The minimum absolute atomic E-state index is 0. The molecule has 3 aromatic carbocycles. The summed E-state index contributed by atoms with van der Waals surface area (Å²) in [5, 5.41) is 51.1. The van der Waals surface area contributed by atoms with Crippen molar-refractivity contribution in [1.29, 1.82) is 0 Å². The molecule has 0 saturated heterocycles. The van der Waals surface area contributed by atoms with Gasteiger partial charge in [0.15, 0.2) is 5.78 Å². The van der Waals surface area contributed by atoms with Crippen LogP contribution in [0, 0.1) is 17.5 Å². The summed E-state index contributed by atoms with van der Waals surface area (Å²) < 4.78 is 56.7. The molecule has 0 bridgehead atoms. The van der Waals surface area contributed by atoms with E-state index in [9.17, 15) is 57.3 Å². The molecule has 11 N–H and O–H groups in total. The largest absolute Gasteiger partial charge is 0.491 e. The molecule has 3 aliphatic rings. The minimum atomic E-state index is -1.31. The first-order chi connectivity index (χ1) is 28.4. The van der Waals surface area contributed by atoms with E-state index < -0.39 is 74.6 Å². The first-order valence-corrected chi connectivity index (χ1v) is 18.8. The average molecular weight is 879 g/mol. The molecule has 0 aliphatic carbocycles. The van der Waals surface area contributed by atoms with Crippen LogP contribution in [0.3, 0.4) is 0 Å². The number of hydrogen-bond donors (Lipinski definition) is 9. The van der Waals surface area contributed by atoms with Gasteiger partial charge in [-0.25, -0.2) is 18.0 Å². The van der Waals surface area contributed by atoms with Crippen LogP contribution in [0.2, 0.25) is 0 Å². The summed E-state index contributed by atoms with van der Waals surface area (Å²) in [6.45, 7) is 2.30. The molecule has 17 nitrogen and oxygen atoms in total. The van der Waals surface area contributed by atoms with Crippen molar-refractivity contribution in [2.45, 2.75) is 77.4 Å². The van der Waals surface area contributed by atoms with Crippen molar-refractivity contribution >= 4 is 79.7 Å². The van der Waals surface area contributed by atoms with Gasteiger partial charge in [0.25, 0.3) is 11.8 Å². The van der Waals surface area contributed by atoms with Crippen molar-refractivity contribution in [3.8, 4) is 0 Å². The number of fused-ring (bicyclic) bond motifs is 3. The highest BCUT2D eigenvalue weighted by atomic mass is 35.5. The van der Waals surface area contributed by atoms with E-state index in [1.54, 1.807) is 0 Å². The van der Waals surface area contributed by atoms with Gasteiger partial charge in [-0.2, -0.15) is 0 Å². The minimum Gasteiger partial charge on any atom is -0.480 e. The van der Waals surface area contributed by atoms with Crippen molar-refractivity contribution in [3.05, 3.63) is 87.2 Å². The number of carboxylic acids is 2. The summed E-state index contributed by atoms with van der Waals surface area (Å²) in [6.07, 6.45) is 2.80. The quantitative estimate of drug-likeness (QED) is 0.0523. The predicted octanol–water partition coefficient (Wildman–Crippen LogP) is -0.621. The Morgan fingerprint density at radius 1 is 0.672 bits per heavy atom. The number of unbranched alkanes of at least 4 members (excludes halogenated alkanes) is 2. The maximum Gasteiger partial charge on any atom is 0.491 e. The number of nitrogens with one attached hydrogen (secondary N) is 2. The van der Waals surface area contributed by atoms with Crippen LogP contribution in [0.15, 0.2) is 36.4 Å². The molecule has 0 saturated carbocycles. The Kier molecular flexibility index (Phi) is 19.4. The van der Waals surface area contributed by atoms with Crippen molar-refractivity contribution in [3.63, 3.8) is 0 Å². The van der Waals surface area contributed by atoms with Crippen molar-refractivity contribution in [2.75, 3.05) is 13.1 Å². The van der Waals surface area contributed by atoms with Gasteiger partial charge in [0.1, 0.15) is 29.5 Å². The second-order valence-corrected chi connectivity index (χ2v) is 14.0. The summed E-state index contributed by atoms with van der Waals surface area (Å²) in [5.74, 6) is -6.48. The van der Waals surface area contributed by atoms with Gasteiger partial charge in [0.05, 0.1) is 36.5 Å². The first kappa shape index (κ1) is 50.5. The molecule has 2 atom stereocenters. The van der Waals surface area contributed by atoms with Gasteiger partial charge in [-0.3, -0.25) is 19.2 Å². The third-order valence-electron chi connectivity index (χ3n) is 9.64. The SMILES string of the molecule is CC(=O)c1cc2c(cc1F)B(O)OC2.Cl.NCCCC[C@H](N)C(=O)O.O=C(NCCCC[C@H](NC(=O)c1cc2c(cc1F)B(O)OC2)C(=O)O)c1cc2c(cc1F)B(O)OC2. The summed E-state index contributed by atoms with van der Waals surface area (Å²) in [7, 11) is -3.57. The number of amides is 2. The lowest BCUT2D eigenvalue weighted by Crippen LogP contribution is -2.41. The molecule has 0 aromatic heterocycles. The number of Topliss-reactive ketones (excluding diaryl/α,β-unsaturated/α-hetero) is 1. The molecule has 0 radical (unpaired) electrons. The van der Waals surface area contributed by atoms with Crippen LogP contribution < -0.4 is 38.5 Å². The molecule has 3 aliphatic heterocycles. The molecule has 61 heavy (non-hydrogen) atoms. The van der Waals surface area contributed by atoms with E-state index in [0.717, 1.165) is 31.0 Å². The van der Waals surface area contributed by atoms with Gasteiger partial charge >= 0.3 is 33.3 Å². The smallest absolute Gasteiger partial charge is 0.480 e. The first-order valence-electron chi connectivity index (χ1n) is 18.8. The fourth-order valence-corrected chi connectivity index (χ4v) is 6.25. The normalized spacial score (nSPS) is 14.2. The number of ketones is 1. The lowest BCUT2D eigenvalue weighted by molar-refractivity contribution is -0.140. The standard InChI is InChI=1S/C22H22B2F2N2O8.C9H8BFO3.C6H14N2O2.ClH/c25-17-7-15-11(9-35-23(15)33)5-13(17)20(29)27-4-2-1-3-19(22(31)32)28-21(30)14-6-12-10-36-24(34)16(12)8-18(14)26;1-5(12)7-2-6-4-14-10(13)8(6)3-9(7)11;7-4-2-1-3-5(8)6(9)10;/h5-8,19,33-34H,1-4,9-10H2,(H,27,29)(H,28,30)(H,31,32);2-3,13H,4H2,1H3;5H,1-4,7-8H2,(H,9,10);1H/t19-;;5-;/m0.0./s1. The second-order valence-electron chi connectivity index (χ2n) is 14.0. The third-order valence-corrected chi connectivity index (χ3v) is 9.64. The summed E-state index contributed by atoms with van der Waals surface area (Å²) >= 11 is 0. The highest BCUT2D eigenvalue weighted by molar-refractivity contribution is 6.62. The molecular weight excluding hydrogens is 833 g/mol. The van der Waals surface area contributed by atoms with E-state index in [1.165, 1.54) is 25.1 Å². The van der Waals surface area contributed by atoms with Gasteiger partial charge < -0.3 is 61.3 Å². The van der Waals surface area contributed by atoms with Crippen LogP contribution in [-0.2, 0) is 43.4 Å². The topological polar surface area (TPSA) is 290 Å². The third kappa shape index (κ3) is 13.6. The summed E-state index contributed by atoms with van der Waals surface area (Å²) in [6, 6.07) is 5.15. The average Bonchev–Trinajstić information content (AvgIpc) is 3.87. The number of carboxylic acid groups (broad SMARTS) is 2. The molecule has 328 valence electrons. The zero-order chi connectivity index (χ0) is 44.3. The highest BCUT2D eigenvalue weighted by Crippen LogP contribution is 2.18. The van der Waals surface area contributed by atoms with E-state index in [0.29, 0.717) is 41.5 Å². The Labute approximate surface area is 355 Å². The predicted molar refractivity (Wildman–Crippen MR) is 217 cm³/mol. The van der Waals surface area contributed by atoms with Crippen molar-refractivity contribution in [1.82, 2.24) is 10.6 Å². The van der Waals surface area contributed by atoms with E-state index >= 15 is 0 Å². The molecule has 6 rings (SSSR count). The van der Waals surface area contributed by atoms with Crippen LogP contribution in [0.4, 0.5) is 13.2 Å². The summed E-state index contributed by atoms with van der Waals surface area (Å²) in [5.41, 5.74) is 12.4. The Balaban J connectivity index is 0.000000324. The van der Waals surface area contributed by atoms with Gasteiger partial charge in [-0.05, 0) is 115 Å². The highest BCUT2D eigenvalue weighted by Gasteiger charge is 2.32. The van der Waals surface area contributed by atoms with E-state index in [-0.39, 0.29) is 85.0 Å². The van der Waals surface area contributed by atoms with Crippen LogP contribution in [0.1, 0.15) is 93.2 Å². The molecule has 24 heteroatoms. The monoisotopic (exact) mass is 878 g/mol. The Bertz CT molecular complexity index is 2090. The van der Waals surface area contributed by atoms with E-state index in [4.69, 9.17) is 30.5 Å². The second kappa shape index (κ2) is 23.4. The zero-order valence-electron chi connectivity index (χ0n) is 32.8. The van der Waals surface area contributed by atoms with E-state index in [2.05, 4.69) is 10.6 Å². The van der Waals surface area contributed by atoms with Crippen LogP contribution in [0.5, 0.6) is 0 Å².